The average Bonchev–Trinajstić information content (AvgIpc) is 2.97. The van der Waals surface area contributed by atoms with Gasteiger partial charge in [-0.3, -0.25) is 4.79 Å². The number of hydrogen-bond acceptors (Lipinski definition) is 5. The lowest BCUT2D eigenvalue weighted by atomic mass is 9.74. The summed E-state index contributed by atoms with van der Waals surface area (Å²) in [5.41, 5.74) is -3.20. The Labute approximate surface area is 217 Å². The molecule has 37 heavy (non-hydrogen) atoms. The lowest BCUT2D eigenvalue weighted by Crippen LogP contribution is -2.47. The van der Waals surface area contributed by atoms with Crippen molar-refractivity contribution in [1.82, 2.24) is 0 Å². The predicted octanol–water partition coefficient (Wildman–Crippen LogP) is 4.48. The maximum Gasteiger partial charge on any atom is 0.255 e. The zero-order chi connectivity index (χ0) is 27.3. The number of hydrogen-bond donors (Lipinski definition) is 3. The fraction of sp³-hybridized carbons (Fsp3) is 0.423. The van der Waals surface area contributed by atoms with Crippen LogP contribution in [0, 0.1) is 41.1 Å². The molecule has 0 heterocycles. The molecule has 2 aliphatic carbocycles. The van der Waals surface area contributed by atoms with Gasteiger partial charge in [-0.25, -0.2) is 21.6 Å². The van der Waals surface area contributed by atoms with Gasteiger partial charge in [-0.2, -0.15) is 0 Å². The highest BCUT2D eigenvalue weighted by Gasteiger charge is 2.55. The van der Waals surface area contributed by atoms with Gasteiger partial charge in [-0.1, -0.05) is 23.4 Å². The number of carbonyl (C=O) groups is 1. The first-order valence-electron chi connectivity index (χ1n) is 11.6. The van der Waals surface area contributed by atoms with E-state index in [1.54, 1.807) is 0 Å². The van der Waals surface area contributed by atoms with Crippen LogP contribution in [0.4, 0.5) is 18.9 Å². The van der Waals surface area contributed by atoms with Gasteiger partial charge in [0.25, 0.3) is 5.91 Å². The lowest BCUT2D eigenvalue weighted by Gasteiger charge is -2.39. The van der Waals surface area contributed by atoms with Crippen molar-refractivity contribution >= 4 is 33.0 Å². The first-order chi connectivity index (χ1) is 17.1. The Morgan fingerprint density at radius 2 is 1.68 bits per heavy atom. The third-order valence-electron chi connectivity index (χ3n) is 6.95. The molecule has 3 N–H and O–H groups in total. The van der Waals surface area contributed by atoms with E-state index in [2.05, 4.69) is 17.2 Å². The molecule has 11 heteroatoms. The number of aliphatic hydroxyl groups is 2. The van der Waals surface area contributed by atoms with Gasteiger partial charge in [-0.05, 0) is 57.7 Å². The van der Waals surface area contributed by atoms with E-state index in [4.69, 9.17) is 11.6 Å². The topological polar surface area (TPSA) is 104 Å². The molecule has 0 radical (unpaired) electrons. The van der Waals surface area contributed by atoms with Gasteiger partial charge in [0.2, 0.25) is 0 Å². The fourth-order valence-corrected chi connectivity index (χ4v) is 7.49. The highest BCUT2D eigenvalue weighted by Crippen LogP contribution is 2.52. The molecule has 4 rings (SSSR count). The molecule has 4 atom stereocenters. The van der Waals surface area contributed by atoms with E-state index in [9.17, 15) is 36.6 Å². The van der Waals surface area contributed by atoms with E-state index in [-0.39, 0.29) is 34.0 Å². The Morgan fingerprint density at radius 1 is 1.11 bits per heavy atom. The monoisotopic (exact) mass is 555 g/mol. The smallest absolute Gasteiger partial charge is 0.255 e. The summed E-state index contributed by atoms with van der Waals surface area (Å²) in [7, 11) is -4.05. The molecule has 6 nitrogen and oxygen atoms in total. The molecule has 2 fully saturated rings. The highest BCUT2D eigenvalue weighted by atomic mass is 35.5. The molecule has 1 unspecified atom stereocenters. The van der Waals surface area contributed by atoms with Crippen molar-refractivity contribution in [2.75, 3.05) is 5.32 Å². The Morgan fingerprint density at radius 3 is 2.22 bits per heavy atom. The quantitative estimate of drug-likeness (QED) is 0.381. The van der Waals surface area contributed by atoms with Crippen molar-refractivity contribution in [3.63, 3.8) is 0 Å². The van der Waals surface area contributed by atoms with Gasteiger partial charge in [0.15, 0.2) is 27.3 Å². The van der Waals surface area contributed by atoms with Crippen LogP contribution in [0.2, 0.25) is 5.02 Å². The summed E-state index contributed by atoms with van der Waals surface area (Å²) >= 11 is 6.22. The van der Waals surface area contributed by atoms with Crippen molar-refractivity contribution < 1.29 is 36.6 Å². The summed E-state index contributed by atoms with van der Waals surface area (Å²) in [6.45, 7) is 2.99. The standard InChI is InChI=1S/C26H25ClF3NO5S/c1-25(2,33)7-8-26(34)15-4-5-16(26)11-18(10-15)37(35,36)22-9-14(3-6-19(22)27)24(32)31-17-12-20(28)23(30)21(29)13-17/h3,6,9,12-13,15-16,18,33-34H,4-5,10-11H2,1-2H3,(H,31,32)/t15-,16?,18-,26-/m0/s1. The van der Waals surface area contributed by atoms with Crippen LogP contribution >= 0.6 is 11.6 Å². The van der Waals surface area contributed by atoms with E-state index in [0.29, 0.717) is 25.0 Å². The Hall–Kier alpha value is -2.58. The Kier molecular flexibility index (Phi) is 7.14. The molecule has 2 aromatic carbocycles. The van der Waals surface area contributed by atoms with E-state index in [0.717, 1.165) is 6.07 Å². The lowest BCUT2D eigenvalue weighted by molar-refractivity contribution is -0.00581. The molecule has 0 spiro atoms. The summed E-state index contributed by atoms with van der Waals surface area (Å²) in [6.07, 6.45) is 1.40. The van der Waals surface area contributed by atoms with Crippen molar-refractivity contribution in [1.29, 1.82) is 0 Å². The summed E-state index contributed by atoms with van der Waals surface area (Å²) < 4.78 is 67.4. The van der Waals surface area contributed by atoms with Crippen LogP contribution < -0.4 is 5.32 Å². The van der Waals surface area contributed by atoms with Gasteiger partial charge in [0.1, 0.15) is 11.2 Å². The van der Waals surface area contributed by atoms with Crippen LogP contribution in [0.15, 0.2) is 35.2 Å². The van der Waals surface area contributed by atoms with Crippen molar-refractivity contribution in [3.8, 4) is 11.8 Å². The molecule has 2 aliphatic rings. The van der Waals surface area contributed by atoms with Crippen molar-refractivity contribution in [2.24, 2.45) is 11.8 Å². The van der Waals surface area contributed by atoms with Gasteiger partial charge < -0.3 is 15.5 Å². The second-order valence-corrected chi connectivity index (χ2v) is 12.7. The first-order valence-corrected chi connectivity index (χ1v) is 13.5. The summed E-state index contributed by atoms with van der Waals surface area (Å²) in [6, 6.07) is 4.77. The molecule has 2 saturated carbocycles. The van der Waals surface area contributed by atoms with Crippen molar-refractivity contribution in [2.45, 2.75) is 60.9 Å². The zero-order valence-corrected chi connectivity index (χ0v) is 21.6. The fourth-order valence-electron chi connectivity index (χ4n) is 5.09. The second kappa shape index (κ2) is 9.62. The zero-order valence-electron chi connectivity index (χ0n) is 20.0. The number of sulfone groups is 1. The summed E-state index contributed by atoms with van der Waals surface area (Å²) in [5.74, 6) is -0.950. The SMILES string of the molecule is CC(C)(O)C#C[C@@]1(O)C2CC[C@H]1C[C@H](S(=O)(=O)c1cc(C(=O)Nc3cc(F)c(F)c(F)c3)ccc1Cl)C2. The number of fused-ring (bicyclic) bond motifs is 2. The van der Waals surface area contributed by atoms with Crippen LogP contribution in [0.5, 0.6) is 0 Å². The summed E-state index contributed by atoms with van der Waals surface area (Å²) in [4.78, 5) is 12.4. The minimum atomic E-state index is -4.05. The summed E-state index contributed by atoms with van der Waals surface area (Å²) in [5, 5.41) is 22.4. The van der Waals surface area contributed by atoms with Gasteiger partial charge >= 0.3 is 0 Å². The van der Waals surface area contributed by atoms with E-state index < -0.39 is 61.5 Å². The minimum absolute atomic E-state index is 0.106. The largest absolute Gasteiger partial charge is 0.378 e. The van der Waals surface area contributed by atoms with Gasteiger partial charge in [0, 0.05) is 35.2 Å². The average molecular weight is 556 g/mol. The predicted molar refractivity (Wildman–Crippen MR) is 131 cm³/mol. The van der Waals surface area contributed by atoms with Gasteiger partial charge in [-0.15, -0.1) is 0 Å². The maximum atomic E-state index is 13.6. The molecule has 2 bridgehead atoms. The first kappa shape index (κ1) is 27.5. The molecular formula is C26H25ClF3NO5S. The molecule has 0 aromatic heterocycles. The number of anilines is 1. The van der Waals surface area contributed by atoms with E-state index in [1.165, 1.54) is 26.0 Å². The second-order valence-electron chi connectivity index (χ2n) is 10.1. The maximum absolute atomic E-state index is 13.6. The number of benzene rings is 2. The van der Waals surface area contributed by atoms with Crippen LogP contribution in [0.1, 0.15) is 49.9 Å². The number of rotatable bonds is 4. The number of nitrogens with one attached hydrogen (secondary N) is 1. The molecule has 198 valence electrons. The molecule has 0 saturated heterocycles. The Bertz CT molecular complexity index is 1390. The van der Waals surface area contributed by atoms with Crippen molar-refractivity contribution in [3.05, 3.63) is 58.4 Å². The third kappa shape index (κ3) is 5.36. The number of carbonyl (C=O) groups excluding carboxylic acids is 1. The molecule has 1 amide bonds. The normalized spacial score (nSPS) is 25.4. The van der Waals surface area contributed by atoms with E-state index >= 15 is 0 Å². The van der Waals surface area contributed by atoms with E-state index in [1.807, 2.05) is 0 Å². The number of amides is 1. The molecule has 0 aliphatic heterocycles. The van der Waals surface area contributed by atoms with Crippen LogP contribution in [0.25, 0.3) is 0 Å². The van der Waals surface area contributed by atoms with Gasteiger partial charge in [0.05, 0.1) is 15.2 Å². The van der Waals surface area contributed by atoms with Crippen LogP contribution in [0.3, 0.4) is 0 Å². The molecule has 2 aromatic rings. The number of halogens is 4. The Balaban J connectivity index is 1.59. The third-order valence-corrected chi connectivity index (χ3v) is 9.61. The highest BCUT2D eigenvalue weighted by molar-refractivity contribution is 7.92. The molecular weight excluding hydrogens is 531 g/mol. The minimum Gasteiger partial charge on any atom is -0.378 e. The van der Waals surface area contributed by atoms with Crippen LogP contribution in [-0.2, 0) is 9.84 Å². The van der Waals surface area contributed by atoms with Crippen LogP contribution in [-0.4, -0.2) is 41.0 Å².